The molecule has 0 spiro atoms. The van der Waals surface area contributed by atoms with Crippen LogP contribution in [0.5, 0.6) is 0 Å². The summed E-state index contributed by atoms with van der Waals surface area (Å²) in [4.78, 5) is 23.6. The highest BCUT2D eigenvalue weighted by Crippen LogP contribution is 2.38. The fourth-order valence-electron chi connectivity index (χ4n) is 3.40. The Hall–Kier alpha value is -1.89. The molecule has 0 amide bonds. The average Bonchev–Trinajstić information content (AvgIpc) is 3.49. The summed E-state index contributed by atoms with van der Waals surface area (Å²) in [6.45, 7) is 10.1. The molecule has 1 saturated heterocycles. The number of aryl methyl sites for hydroxylation is 2. The molecule has 0 radical (unpaired) electrons. The van der Waals surface area contributed by atoms with E-state index in [9.17, 15) is 0 Å². The zero-order valence-corrected chi connectivity index (χ0v) is 16.8. The molecule has 1 saturated carbocycles. The Morgan fingerprint density at radius 1 is 0.923 bits per heavy atom. The number of nitrogens with zero attached hydrogens (tertiary/aromatic N) is 6. The molecule has 0 atom stereocenters. The zero-order valence-electron chi connectivity index (χ0n) is 16.0. The molecule has 3 heterocycles. The first-order chi connectivity index (χ1) is 12.5. The lowest BCUT2D eigenvalue weighted by molar-refractivity contribution is 0.632. The second-order valence-electron chi connectivity index (χ2n) is 7.22. The molecule has 2 aromatic rings. The minimum Gasteiger partial charge on any atom is -0.353 e. The number of aromatic nitrogens is 4. The van der Waals surface area contributed by atoms with Crippen molar-refractivity contribution in [3.8, 4) is 0 Å². The van der Waals surface area contributed by atoms with Crippen molar-refractivity contribution in [1.29, 1.82) is 0 Å². The topological polar surface area (TPSA) is 58.0 Å². The van der Waals surface area contributed by atoms with Gasteiger partial charge in [0.15, 0.2) is 5.16 Å². The molecular weight excluding hydrogens is 344 g/mol. The van der Waals surface area contributed by atoms with Gasteiger partial charge in [-0.05, 0) is 39.9 Å². The standard InChI is InChI=1S/C19H26N6S/c1-12-11-16(22-17(20-12)15-5-6-15)24-7-9-25(10-8-24)18-13(2)14(3)21-19(23-18)26-4/h11,15H,5-10H2,1-4H3. The van der Waals surface area contributed by atoms with E-state index < -0.39 is 0 Å². The van der Waals surface area contributed by atoms with E-state index in [0.29, 0.717) is 5.92 Å². The molecule has 0 bridgehead atoms. The Labute approximate surface area is 159 Å². The lowest BCUT2D eigenvalue weighted by Gasteiger charge is -2.37. The van der Waals surface area contributed by atoms with Crippen LogP contribution in [0.4, 0.5) is 11.6 Å². The molecule has 0 unspecified atom stereocenters. The number of piperazine rings is 1. The van der Waals surface area contributed by atoms with Gasteiger partial charge in [0.25, 0.3) is 0 Å². The highest BCUT2D eigenvalue weighted by molar-refractivity contribution is 7.98. The molecule has 0 N–H and O–H groups in total. The maximum Gasteiger partial charge on any atom is 0.189 e. The van der Waals surface area contributed by atoms with Crippen LogP contribution in [0, 0.1) is 20.8 Å². The van der Waals surface area contributed by atoms with Crippen molar-refractivity contribution in [3.05, 3.63) is 28.8 Å². The van der Waals surface area contributed by atoms with E-state index in [2.05, 4.69) is 46.6 Å². The van der Waals surface area contributed by atoms with E-state index in [1.807, 2.05) is 6.26 Å². The average molecular weight is 371 g/mol. The maximum absolute atomic E-state index is 4.84. The van der Waals surface area contributed by atoms with E-state index >= 15 is 0 Å². The predicted octanol–water partition coefficient (Wildman–Crippen LogP) is 3.12. The van der Waals surface area contributed by atoms with Crippen LogP contribution in [-0.2, 0) is 0 Å². The molecule has 2 fully saturated rings. The van der Waals surface area contributed by atoms with Gasteiger partial charge in [-0.1, -0.05) is 11.8 Å². The highest BCUT2D eigenvalue weighted by atomic mass is 32.2. The van der Waals surface area contributed by atoms with E-state index in [1.54, 1.807) is 11.8 Å². The monoisotopic (exact) mass is 370 g/mol. The molecule has 2 aliphatic rings. The normalized spacial score (nSPS) is 17.7. The van der Waals surface area contributed by atoms with Crippen LogP contribution in [0.3, 0.4) is 0 Å². The first-order valence-electron chi connectivity index (χ1n) is 9.30. The number of anilines is 2. The zero-order chi connectivity index (χ0) is 18.3. The summed E-state index contributed by atoms with van der Waals surface area (Å²) in [5, 5.41) is 0.853. The summed E-state index contributed by atoms with van der Waals surface area (Å²) in [5.41, 5.74) is 3.33. The molecule has 7 heteroatoms. The molecule has 4 rings (SSSR count). The van der Waals surface area contributed by atoms with E-state index in [1.165, 1.54) is 18.4 Å². The van der Waals surface area contributed by atoms with Crippen molar-refractivity contribution in [2.75, 3.05) is 42.2 Å². The lowest BCUT2D eigenvalue weighted by Crippen LogP contribution is -2.47. The minimum atomic E-state index is 0.589. The third-order valence-corrected chi connectivity index (χ3v) is 5.78. The van der Waals surface area contributed by atoms with Crippen molar-refractivity contribution in [3.63, 3.8) is 0 Å². The Morgan fingerprint density at radius 3 is 2.27 bits per heavy atom. The number of hydrogen-bond acceptors (Lipinski definition) is 7. The summed E-state index contributed by atoms with van der Waals surface area (Å²) in [7, 11) is 0. The van der Waals surface area contributed by atoms with Crippen LogP contribution < -0.4 is 9.80 Å². The summed E-state index contributed by atoms with van der Waals surface area (Å²) in [5.74, 6) is 3.79. The Morgan fingerprint density at radius 2 is 1.62 bits per heavy atom. The molecular formula is C19H26N6S. The van der Waals surface area contributed by atoms with E-state index in [4.69, 9.17) is 9.97 Å². The predicted molar refractivity (Wildman–Crippen MR) is 106 cm³/mol. The fraction of sp³-hybridized carbons (Fsp3) is 0.579. The Bertz CT molecular complexity index is 812. The first kappa shape index (κ1) is 17.5. The van der Waals surface area contributed by atoms with Gasteiger partial charge < -0.3 is 9.80 Å². The van der Waals surface area contributed by atoms with Crippen molar-refractivity contribution in [2.45, 2.75) is 44.7 Å². The van der Waals surface area contributed by atoms with Gasteiger partial charge >= 0.3 is 0 Å². The molecule has 138 valence electrons. The van der Waals surface area contributed by atoms with Crippen molar-refractivity contribution >= 4 is 23.4 Å². The minimum absolute atomic E-state index is 0.589. The van der Waals surface area contributed by atoms with Crippen molar-refractivity contribution in [1.82, 2.24) is 19.9 Å². The SMILES string of the molecule is CSc1nc(C)c(C)c(N2CCN(c3cc(C)nc(C4CC4)n3)CC2)n1. The Kier molecular flexibility index (Phi) is 4.73. The van der Waals surface area contributed by atoms with Gasteiger partial charge in [-0.2, -0.15) is 0 Å². The number of hydrogen-bond donors (Lipinski definition) is 0. The van der Waals surface area contributed by atoms with Gasteiger partial charge in [-0.25, -0.2) is 19.9 Å². The molecule has 1 aliphatic carbocycles. The molecule has 0 aromatic carbocycles. The van der Waals surface area contributed by atoms with Gasteiger partial charge in [-0.15, -0.1) is 0 Å². The quantitative estimate of drug-likeness (QED) is 0.605. The molecule has 6 nitrogen and oxygen atoms in total. The summed E-state index contributed by atoms with van der Waals surface area (Å²) >= 11 is 1.60. The van der Waals surface area contributed by atoms with Gasteiger partial charge in [0.2, 0.25) is 0 Å². The summed E-state index contributed by atoms with van der Waals surface area (Å²) < 4.78 is 0. The van der Waals surface area contributed by atoms with Crippen molar-refractivity contribution < 1.29 is 0 Å². The van der Waals surface area contributed by atoms with Gasteiger partial charge in [-0.3, -0.25) is 0 Å². The van der Waals surface area contributed by atoms with Gasteiger partial charge in [0, 0.05) is 55.1 Å². The lowest BCUT2D eigenvalue weighted by atomic mass is 10.2. The van der Waals surface area contributed by atoms with Crippen LogP contribution in [0.2, 0.25) is 0 Å². The van der Waals surface area contributed by atoms with Crippen LogP contribution in [0.25, 0.3) is 0 Å². The first-order valence-corrected chi connectivity index (χ1v) is 10.5. The highest BCUT2D eigenvalue weighted by Gasteiger charge is 2.28. The smallest absolute Gasteiger partial charge is 0.189 e. The third-order valence-electron chi connectivity index (χ3n) is 5.23. The van der Waals surface area contributed by atoms with Crippen LogP contribution >= 0.6 is 11.8 Å². The number of rotatable bonds is 4. The third kappa shape index (κ3) is 3.49. The van der Waals surface area contributed by atoms with Crippen LogP contribution in [0.1, 0.15) is 41.5 Å². The van der Waals surface area contributed by atoms with Crippen molar-refractivity contribution in [2.24, 2.45) is 0 Å². The maximum atomic E-state index is 4.84. The Balaban J connectivity index is 1.50. The summed E-state index contributed by atoms with van der Waals surface area (Å²) in [6.07, 6.45) is 4.50. The fourth-order valence-corrected chi connectivity index (χ4v) is 3.80. The van der Waals surface area contributed by atoms with E-state index in [-0.39, 0.29) is 0 Å². The van der Waals surface area contributed by atoms with Gasteiger partial charge in [0.1, 0.15) is 17.5 Å². The van der Waals surface area contributed by atoms with Crippen LogP contribution in [-0.4, -0.2) is 52.4 Å². The van der Waals surface area contributed by atoms with E-state index in [0.717, 1.165) is 60.2 Å². The van der Waals surface area contributed by atoms with Crippen LogP contribution in [0.15, 0.2) is 11.2 Å². The second-order valence-corrected chi connectivity index (χ2v) is 7.99. The largest absolute Gasteiger partial charge is 0.353 e. The second kappa shape index (κ2) is 7.02. The van der Waals surface area contributed by atoms with Gasteiger partial charge in [0.05, 0.1) is 0 Å². The molecule has 2 aromatic heterocycles. The molecule has 26 heavy (non-hydrogen) atoms. The number of thioether (sulfide) groups is 1. The summed E-state index contributed by atoms with van der Waals surface area (Å²) in [6, 6.07) is 2.12. The molecule has 1 aliphatic heterocycles.